The first-order chi connectivity index (χ1) is 11.4. The van der Waals surface area contributed by atoms with Crippen LogP contribution >= 0.6 is 0 Å². The van der Waals surface area contributed by atoms with E-state index in [1.165, 1.54) is 12.1 Å². The molecule has 4 nitrogen and oxygen atoms in total. The fraction of sp³-hybridized carbons (Fsp3) is 0.316. The number of amides is 1. The Kier molecular flexibility index (Phi) is 5.44. The maximum Gasteiger partial charge on any atom is 0.230 e. The Labute approximate surface area is 141 Å². The van der Waals surface area contributed by atoms with Gasteiger partial charge in [0.05, 0.1) is 19.6 Å². The summed E-state index contributed by atoms with van der Waals surface area (Å²) in [4.78, 5) is 12.6. The van der Waals surface area contributed by atoms with Crippen LogP contribution in [0.5, 0.6) is 11.5 Å². The van der Waals surface area contributed by atoms with Gasteiger partial charge in [-0.3, -0.25) is 4.79 Å². The van der Waals surface area contributed by atoms with Crippen molar-refractivity contribution in [2.24, 2.45) is 0 Å². The van der Waals surface area contributed by atoms with Crippen molar-refractivity contribution in [1.29, 1.82) is 0 Å². The molecule has 0 saturated heterocycles. The van der Waals surface area contributed by atoms with Gasteiger partial charge >= 0.3 is 0 Å². The van der Waals surface area contributed by atoms with Crippen LogP contribution in [0.15, 0.2) is 42.5 Å². The van der Waals surface area contributed by atoms with Crippen molar-refractivity contribution in [3.8, 4) is 11.5 Å². The van der Waals surface area contributed by atoms with E-state index in [1.807, 2.05) is 19.9 Å². The van der Waals surface area contributed by atoms with E-state index < -0.39 is 5.41 Å². The van der Waals surface area contributed by atoms with Gasteiger partial charge in [-0.2, -0.15) is 0 Å². The van der Waals surface area contributed by atoms with E-state index in [4.69, 9.17) is 9.47 Å². The largest absolute Gasteiger partial charge is 0.493 e. The van der Waals surface area contributed by atoms with Crippen LogP contribution in [0.1, 0.15) is 25.0 Å². The Morgan fingerprint density at radius 1 is 1.04 bits per heavy atom. The Balaban J connectivity index is 2.13. The first-order valence-electron chi connectivity index (χ1n) is 7.63. The number of hydrogen-bond acceptors (Lipinski definition) is 3. The van der Waals surface area contributed by atoms with Gasteiger partial charge < -0.3 is 14.8 Å². The summed E-state index contributed by atoms with van der Waals surface area (Å²) in [6.07, 6.45) is 0. The normalized spacial score (nSPS) is 11.0. The van der Waals surface area contributed by atoms with Crippen molar-refractivity contribution in [2.75, 3.05) is 14.2 Å². The molecule has 0 saturated carbocycles. The Hall–Kier alpha value is -2.56. The average Bonchev–Trinajstić information content (AvgIpc) is 2.60. The number of ether oxygens (including phenoxy) is 2. The standard InChI is InChI=1S/C19H22FNO3/c1-19(2,14-7-10-16(23-3)17(11-14)24-4)18(22)21-12-13-5-8-15(20)9-6-13/h5-11H,12H2,1-4H3,(H,21,22). The molecule has 0 fully saturated rings. The van der Waals surface area contributed by atoms with Crippen LogP contribution < -0.4 is 14.8 Å². The fourth-order valence-corrected chi connectivity index (χ4v) is 2.36. The van der Waals surface area contributed by atoms with Crippen LogP contribution in [0.4, 0.5) is 4.39 Å². The average molecular weight is 331 g/mol. The molecule has 128 valence electrons. The number of rotatable bonds is 6. The van der Waals surface area contributed by atoms with Crippen molar-refractivity contribution < 1.29 is 18.7 Å². The minimum absolute atomic E-state index is 0.126. The Bertz CT molecular complexity index is 711. The maximum atomic E-state index is 12.9. The molecule has 0 aliphatic heterocycles. The third-order valence-electron chi connectivity index (χ3n) is 4.04. The molecule has 0 bridgehead atoms. The van der Waals surface area contributed by atoms with Gasteiger partial charge in [0.2, 0.25) is 5.91 Å². The van der Waals surface area contributed by atoms with Crippen LogP contribution in [0.25, 0.3) is 0 Å². The van der Waals surface area contributed by atoms with Gasteiger partial charge in [0.15, 0.2) is 11.5 Å². The monoisotopic (exact) mass is 331 g/mol. The number of carbonyl (C=O) groups is 1. The lowest BCUT2D eigenvalue weighted by Gasteiger charge is -2.25. The molecular weight excluding hydrogens is 309 g/mol. The van der Waals surface area contributed by atoms with Gasteiger partial charge in [-0.25, -0.2) is 4.39 Å². The zero-order valence-corrected chi connectivity index (χ0v) is 14.4. The highest BCUT2D eigenvalue weighted by molar-refractivity contribution is 5.87. The molecule has 1 amide bonds. The molecule has 24 heavy (non-hydrogen) atoms. The predicted molar refractivity (Wildman–Crippen MR) is 90.8 cm³/mol. The lowest BCUT2D eigenvalue weighted by molar-refractivity contribution is -0.125. The molecule has 0 aliphatic carbocycles. The lowest BCUT2D eigenvalue weighted by Crippen LogP contribution is -2.39. The topological polar surface area (TPSA) is 47.6 Å². The first kappa shape index (κ1) is 17.8. The van der Waals surface area contributed by atoms with Crippen LogP contribution in [-0.4, -0.2) is 20.1 Å². The fourth-order valence-electron chi connectivity index (χ4n) is 2.36. The molecule has 0 aromatic heterocycles. The van der Waals surface area contributed by atoms with Crippen LogP contribution in [-0.2, 0) is 16.8 Å². The molecule has 0 atom stereocenters. The van der Waals surface area contributed by atoms with Crippen molar-refractivity contribution in [2.45, 2.75) is 25.8 Å². The molecule has 0 radical (unpaired) electrons. The molecule has 0 spiro atoms. The molecule has 2 rings (SSSR count). The number of carbonyl (C=O) groups excluding carboxylic acids is 1. The smallest absolute Gasteiger partial charge is 0.230 e. The van der Waals surface area contributed by atoms with Crippen molar-refractivity contribution in [3.63, 3.8) is 0 Å². The summed E-state index contributed by atoms with van der Waals surface area (Å²) in [5.74, 6) is 0.771. The van der Waals surface area contributed by atoms with Gasteiger partial charge in [-0.1, -0.05) is 18.2 Å². The second-order valence-electron chi connectivity index (χ2n) is 6.00. The van der Waals surface area contributed by atoms with E-state index >= 15 is 0 Å². The summed E-state index contributed by atoms with van der Waals surface area (Å²) in [5.41, 5.74) is 0.907. The number of nitrogens with one attached hydrogen (secondary N) is 1. The SMILES string of the molecule is COc1ccc(C(C)(C)C(=O)NCc2ccc(F)cc2)cc1OC. The number of methoxy groups -OCH3 is 2. The van der Waals surface area contributed by atoms with Gasteiger partial charge in [0, 0.05) is 6.54 Å². The summed E-state index contributed by atoms with van der Waals surface area (Å²) in [6.45, 7) is 4.03. The molecule has 2 aromatic carbocycles. The van der Waals surface area contributed by atoms with Gasteiger partial charge in [-0.05, 0) is 49.2 Å². The van der Waals surface area contributed by atoms with Gasteiger partial charge in [-0.15, -0.1) is 0 Å². The van der Waals surface area contributed by atoms with Crippen LogP contribution in [0, 0.1) is 5.82 Å². The van der Waals surface area contributed by atoms with Crippen molar-refractivity contribution in [1.82, 2.24) is 5.32 Å². The molecule has 5 heteroatoms. The second kappa shape index (κ2) is 7.34. The minimum atomic E-state index is -0.750. The van der Waals surface area contributed by atoms with E-state index in [9.17, 15) is 9.18 Å². The molecule has 0 unspecified atom stereocenters. The minimum Gasteiger partial charge on any atom is -0.493 e. The van der Waals surface area contributed by atoms with E-state index in [1.54, 1.807) is 38.5 Å². The molecule has 0 heterocycles. The van der Waals surface area contributed by atoms with Crippen molar-refractivity contribution in [3.05, 3.63) is 59.4 Å². The quantitative estimate of drug-likeness (QED) is 0.882. The third kappa shape index (κ3) is 3.85. The van der Waals surface area contributed by atoms with Gasteiger partial charge in [0.25, 0.3) is 0 Å². The predicted octanol–water partition coefficient (Wildman–Crippen LogP) is 3.44. The third-order valence-corrected chi connectivity index (χ3v) is 4.04. The van der Waals surface area contributed by atoms with Gasteiger partial charge in [0.1, 0.15) is 5.82 Å². The highest BCUT2D eigenvalue weighted by Gasteiger charge is 2.30. The zero-order chi connectivity index (χ0) is 17.7. The van der Waals surface area contributed by atoms with E-state index in [2.05, 4.69) is 5.32 Å². The number of halogens is 1. The Morgan fingerprint density at radius 2 is 1.67 bits per heavy atom. The van der Waals surface area contributed by atoms with Crippen molar-refractivity contribution >= 4 is 5.91 Å². The summed E-state index contributed by atoms with van der Waals surface area (Å²) in [7, 11) is 3.13. The molecular formula is C19H22FNO3. The number of benzene rings is 2. The highest BCUT2D eigenvalue weighted by atomic mass is 19.1. The van der Waals surface area contributed by atoms with Crippen LogP contribution in [0.2, 0.25) is 0 Å². The highest BCUT2D eigenvalue weighted by Crippen LogP contribution is 2.33. The zero-order valence-electron chi connectivity index (χ0n) is 14.4. The number of hydrogen-bond donors (Lipinski definition) is 1. The summed E-state index contributed by atoms with van der Waals surface area (Å²) >= 11 is 0. The summed E-state index contributed by atoms with van der Waals surface area (Å²) in [6, 6.07) is 11.5. The molecule has 1 N–H and O–H groups in total. The van der Waals surface area contributed by atoms with E-state index in [0.717, 1.165) is 11.1 Å². The molecule has 0 aliphatic rings. The van der Waals surface area contributed by atoms with E-state index in [-0.39, 0.29) is 11.7 Å². The molecule has 2 aromatic rings. The van der Waals surface area contributed by atoms with E-state index in [0.29, 0.717) is 18.0 Å². The Morgan fingerprint density at radius 3 is 2.25 bits per heavy atom. The second-order valence-corrected chi connectivity index (χ2v) is 6.00. The summed E-state index contributed by atoms with van der Waals surface area (Å²) < 4.78 is 23.4. The summed E-state index contributed by atoms with van der Waals surface area (Å²) in [5, 5.41) is 2.89. The van der Waals surface area contributed by atoms with Crippen LogP contribution in [0.3, 0.4) is 0 Å². The lowest BCUT2D eigenvalue weighted by atomic mass is 9.83. The maximum absolute atomic E-state index is 12.9. The first-order valence-corrected chi connectivity index (χ1v) is 7.63.